The molecule has 0 aliphatic carbocycles. The number of nitrogens with two attached hydrogens (primary N) is 1. The van der Waals surface area contributed by atoms with Gasteiger partial charge >= 0.3 is 5.97 Å². The van der Waals surface area contributed by atoms with Crippen molar-refractivity contribution in [2.24, 2.45) is 5.73 Å². The van der Waals surface area contributed by atoms with Crippen LogP contribution in [0.2, 0.25) is 0 Å². The SMILES string of the molecule is Cc1cccc(CN2CCCCC2CC(N)C(=O)O)c1. The van der Waals surface area contributed by atoms with Gasteiger partial charge in [0, 0.05) is 12.6 Å². The number of nitrogens with zero attached hydrogens (tertiary/aromatic N) is 1. The van der Waals surface area contributed by atoms with Gasteiger partial charge in [-0.2, -0.15) is 0 Å². The Morgan fingerprint density at radius 1 is 1.50 bits per heavy atom. The molecule has 2 unspecified atom stereocenters. The number of carboxylic acid groups (broad SMARTS) is 1. The number of rotatable bonds is 5. The van der Waals surface area contributed by atoms with E-state index in [0.717, 1.165) is 19.5 Å². The number of aryl methyl sites for hydroxylation is 1. The molecule has 20 heavy (non-hydrogen) atoms. The van der Waals surface area contributed by atoms with E-state index in [-0.39, 0.29) is 6.04 Å². The average Bonchev–Trinajstić information content (AvgIpc) is 2.41. The molecule has 2 rings (SSSR count). The van der Waals surface area contributed by atoms with E-state index in [1.54, 1.807) is 0 Å². The van der Waals surface area contributed by atoms with Crippen molar-refractivity contribution in [3.8, 4) is 0 Å². The monoisotopic (exact) mass is 276 g/mol. The lowest BCUT2D eigenvalue weighted by Crippen LogP contribution is -2.44. The lowest BCUT2D eigenvalue weighted by molar-refractivity contribution is -0.139. The second-order valence-corrected chi connectivity index (χ2v) is 5.79. The lowest BCUT2D eigenvalue weighted by Gasteiger charge is -2.36. The summed E-state index contributed by atoms with van der Waals surface area (Å²) in [6.07, 6.45) is 3.94. The molecule has 1 aliphatic heterocycles. The molecule has 1 heterocycles. The summed E-state index contributed by atoms with van der Waals surface area (Å²) in [5.74, 6) is -0.897. The number of benzene rings is 1. The highest BCUT2D eigenvalue weighted by Gasteiger charge is 2.26. The van der Waals surface area contributed by atoms with E-state index >= 15 is 0 Å². The molecule has 0 bridgehead atoms. The van der Waals surface area contributed by atoms with Gasteiger partial charge in [0.15, 0.2) is 0 Å². The Morgan fingerprint density at radius 2 is 2.30 bits per heavy atom. The molecule has 1 aromatic rings. The number of hydrogen-bond acceptors (Lipinski definition) is 3. The van der Waals surface area contributed by atoms with Crippen LogP contribution in [0.5, 0.6) is 0 Å². The van der Waals surface area contributed by atoms with E-state index in [0.29, 0.717) is 6.42 Å². The van der Waals surface area contributed by atoms with Crippen LogP contribution in [0, 0.1) is 6.92 Å². The Hall–Kier alpha value is -1.39. The summed E-state index contributed by atoms with van der Waals surface area (Å²) in [6.45, 7) is 4.02. The number of aliphatic carboxylic acids is 1. The number of hydrogen-bond donors (Lipinski definition) is 2. The molecule has 0 spiro atoms. The fraction of sp³-hybridized carbons (Fsp3) is 0.562. The molecule has 1 aliphatic rings. The van der Waals surface area contributed by atoms with E-state index in [1.807, 2.05) is 0 Å². The first-order valence-electron chi connectivity index (χ1n) is 7.34. The van der Waals surface area contributed by atoms with E-state index in [9.17, 15) is 4.79 Å². The molecule has 110 valence electrons. The summed E-state index contributed by atoms with van der Waals surface area (Å²) in [7, 11) is 0. The highest BCUT2D eigenvalue weighted by atomic mass is 16.4. The van der Waals surface area contributed by atoms with Crippen LogP contribution < -0.4 is 5.73 Å². The molecule has 0 radical (unpaired) electrons. The number of carboxylic acids is 1. The van der Waals surface area contributed by atoms with Crippen molar-refractivity contribution in [2.45, 2.75) is 51.2 Å². The standard InChI is InChI=1S/C16H24N2O2/c1-12-5-4-6-13(9-12)11-18-8-3-2-7-14(18)10-15(17)16(19)20/h4-6,9,14-15H,2-3,7-8,10-11,17H2,1H3,(H,19,20). The number of likely N-dealkylation sites (tertiary alicyclic amines) is 1. The summed E-state index contributed by atoms with van der Waals surface area (Å²) >= 11 is 0. The predicted molar refractivity (Wildman–Crippen MR) is 79.5 cm³/mol. The summed E-state index contributed by atoms with van der Waals surface area (Å²) < 4.78 is 0. The minimum Gasteiger partial charge on any atom is -0.480 e. The molecule has 0 saturated carbocycles. The predicted octanol–water partition coefficient (Wildman–Crippen LogP) is 2.15. The Kier molecular flexibility index (Phi) is 5.15. The van der Waals surface area contributed by atoms with Crippen molar-refractivity contribution in [2.75, 3.05) is 6.54 Å². The van der Waals surface area contributed by atoms with E-state index in [2.05, 4.69) is 36.1 Å². The van der Waals surface area contributed by atoms with Gasteiger partial charge < -0.3 is 10.8 Å². The number of carbonyl (C=O) groups is 1. The molecule has 4 nitrogen and oxygen atoms in total. The summed E-state index contributed by atoms with van der Waals surface area (Å²) in [4.78, 5) is 13.3. The Morgan fingerprint density at radius 3 is 3.00 bits per heavy atom. The van der Waals surface area contributed by atoms with Gasteiger partial charge in [0.25, 0.3) is 0 Å². The van der Waals surface area contributed by atoms with Gasteiger partial charge in [-0.1, -0.05) is 36.2 Å². The summed E-state index contributed by atoms with van der Waals surface area (Å²) in [5.41, 5.74) is 8.26. The van der Waals surface area contributed by atoms with Gasteiger partial charge in [-0.3, -0.25) is 9.69 Å². The van der Waals surface area contributed by atoms with Crippen LogP contribution in [0.25, 0.3) is 0 Å². The molecule has 3 N–H and O–H groups in total. The van der Waals surface area contributed by atoms with Crippen molar-refractivity contribution in [3.05, 3.63) is 35.4 Å². The molecule has 1 saturated heterocycles. The van der Waals surface area contributed by atoms with Gasteiger partial charge in [0.1, 0.15) is 6.04 Å². The third-order valence-electron chi connectivity index (χ3n) is 4.06. The summed E-state index contributed by atoms with van der Waals surface area (Å²) in [5, 5.41) is 8.98. The zero-order chi connectivity index (χ0) is 14.5. The van der Waals surface area contributed by atoms with Crippen LogP contribution in [0.3, 0.4) is 0 Å². The topological polar surface area (TPSA) is 66.6 Å². The Balaban J connectivity index is 2.01. The van der Waals surface area contributed by atoms with Crippen molar-refractivity contribution in [3.63, 3.8) is 0 Å². The molecule has 1 aromatic carbocycles. The van der Waals surface area contributed by atoms with Crippen LogP contribution in [0.15, 0.2) is 24.3 Å². The van der Waals surface area contributed by atoms with Crippen LogP contribution in [0.1, 0.15) is 36.8 Å². The van der Waals surface area contributed by atoms with Crippen LogP contribution in [-0.2, 0) is 11.3 Å². The smallest absolute Gasteiger partial charge is 0.320 e. The first kappa shape index (κ1) is 15.0. The maximum atomic E-state index is 10.9. The highest BCUT2D eigenvalue weighted by molar-refractivity contribution is 5.73. The van der Waals surface area contributed by atoms with E-state index < -0.39 is 12.0 Å². The van der Waals surface area contributed by atoms with E-state index in [4.69, 9.17) is 10.8 Å². The van der Waals surface area contributed by atoms with Gasteiger partial charge in [-0.05, 0) is 38.3 Å². The molecule has 4 heteroatoms. The molecule has 0 amide bonds. The molecular weight excluding hydrogens is 252 g/mol. The quantitative estimate of drug-likeness (QED) is 0.865. The molecule has 2 atom stereocenters. The maximum Gasteiger partial charge on any atom is 0.320 e. The molecule has 0 aromatic heterocycles. The molecular formula is C16H24N2O2. The third-order valence-corrected chi connectivity index (χ3v) is 4.06. The first-order chi connectivity index (χ1) is 9.56. The van der Waals surface area contributed by atoms with Crippen molar-refractivity contribution < 1.29 is 9.90 Å². The minimum absolute atomic E-state index is 0.287. The third kappa shape index (κ3) is 4.05. The molecule has 1 fully saturated rings. The van der Waals surface area contributed by atoms with Gasteiger partial charge in [0.2, 0.25) is 0 Å². The normalized spacial score (nSPS) is 21.6. The second kappa shape index (κ2) is 6.86. The van der Waals surface area contributed by atoms with Crippen molar-refractivity contribution >= 4 is 5.97 Å². The maximum absolute atomic E-state index is 10.9. The average molecular weight is 276 g/mol. The van der Waals surface area contributed by atoms with Crippen LogP contribution in [0.4, 0.5) is 0 Å². The Bertz CT molecular complexity index is 462. The lowest BCUT2D eigenvalue weighted by atomic mass is 9.95. The fourth-order valence-electron chi connectivity index (χ4n) is 2.97. The minimum atomic E-state index is -0.897. The van der Waals surface area contributed by atoms with Gasteiger partial charge in [-0.15, -0.1) is 0 Å². The number of piperidine rings is 1. The Labute approximate surface area is 120 Å². The second-order valence-electron chi connectivity index (χ2n) is 5.79. The largest absolute Gasteiger partial charge is 0.480 e. The van der Waals surface area contributed by atoms with Crippen molar-refractivity contribution in [1.82, 2.24) is 4.90 Å². The van der Waals surface area contributed by atoms with Gasteiger partial charge in [0.05, 0.1) is 0 Å². The highest BCUT2D eigenvalue weighted by Crippen LogP contribution is 2.23. The zero-order valence-corrected chi connectivity index (χ0v) is 12.1. The van der Waals surface area contributed by atoms with Crippen molar-refractivity contribution in [1.29, 1.82) is 0 Å². The van der Waals surface area contributed by atoms with Crippen LogP contribution >= 0.6 is 0 Å². The summed E-state index contributed by atoms with van der Waals surface area (Å²) in [6, 6.07) is 8.04. The van der Waals surface area contributed by atoms with E-state index in [1.165, 1.54) is 24.0 Å². The first-order valence-corrected chi connectivity index (χ1v) is 7.34. The fourth-order valence-corrected chi connectivity index (χ4v) is 2.97. The van der Waals surface area contributed by atoms with Gasteiger partial charge in [-0.25, -0.2) is 0 Å². The zero-order valence-electron chi connectivity index (χ0n) is 12.1. The van der Waals surface area contributed by atoms with Crippen LogP contribution in [-0.4, -0.2) is 34.6 Å².